The Bertz CT molecular complexity index is 184. The largest absolute Gasteiger partial charge is 0.317 e. The van der Waals surface area contributed by atoms with Crippen molar-refractivity contribution >= 4 is 14.2 Å². The van der Waals surface area contributed by atoms with Gasteiger partial charge in [0.25, 0.3) is 0 Å². The summed E-state index contributed by atoms with van der Waals surface area (Å²) in [6.07, 6.45) is 0.668. The van der Waals surface area contributed by atoms with Crippen molar-refractivity contribution in [2.75, 3.05) is 6.54 Å². The lowest BCUT2D eigenvalue weighted by Gasteiger charge is -2.38. The summed E-state index contributed by atoms with van der Waals surface area (Å²) in [5, 5.41) is 1.57. The minimum absolute atomic E-state index is 0.159. The van der Waals surface area contributed by atoms with Gasteiger partial charge in [-0.05, 0) is 18.1 Å². The topological polar surface area (TPSA) is 29.5 Å². The number of carbonyl (C=O) groups is 1. The number of hydrogen-bond acceptors (Lipinski definition) is 2. The van der Waals surface area contributed by atoms with Crippen LogP contribution in [0.2, 0.25) is 18.1 Å². The number of rotatable bonds is 5. The van der Waals surface area contributed by atoms with Gasteiger partial charge in [0.2, 0.25) is 14.2 Å². The van der Waals surface area contributed by atoms with E-state index in [1.165, 1.54) is 0 Å². The fourth-order valence-corrected chi connectivity index (χ4v) is 4.12. The number of β-lactam (4-membered cyclic amide) rings is 1. The van der Waals surface area contributed by atoms with E-state index in [0.29, 0.717) is 6.42 Å². The molecule has 0 saturated carbocycles. The maximum atomic E-state index is 11.1. The smallest absolute Gasteiger partial charge is 0.247 e. The van der Waals surface area contributed by atoms with Gasteiger partial charge in [0.15, 0.2) is 0 Å². The second-order valence-corrected chi connectivity index (χ2v) is 8.25. The summed E-state index contributed by atoms with van der Waals surface area (Å²) in [7, 11) is -1.59. The highest BCUT2D eigenvalue weighted by Crippen LogP contribution is 2.25. The van der Waals surface area contributed by atoms with Gasteiger partial charge in [-0.15, -0.1) is 0 Å². The molecule has 0 aromatic rings. The van der Waals surface area contributed by atoms with Gasteiger partial charge >= 0.3 is 0 Å². The molecule has 0 radical (unpaired) electrons. The summed E-state index contributed by atoms with van der Waals surface area (Å²) in [4.78, 5) is 11.1. The predicted molar refractivity (Wildman–Crippen MR) is 54.6 cm³/mol. The summed E-state index contributed by atoms with van der Waals surface area (Å²) < 4.78 is 5.86. The lowest BCUT2D eigenvalue weighted by molar-refractivity contribution is -0.177. The third kappa shape index (κ3) is 2.11. The number of hydroxylamine groups is 2. The second-order valence-electron chi connectivity index (χ2n) is 3.58. The zero-order chi connectivity index (χ0) is 9.90. The molecule has 0 spiro atoms. The van der Waals surface area contributed by atoms with E-state index in [-0.39, 0.29) is 5.91 Å². The standard InChI is InChI=1S/C9H19NO2Si/c1-4-13(5-2,6-3)12-10-8-7-9(10)11/h4-8H2,1-3H3. The van der Waals surface area contributed by atoms with E-state index in [0.717, 1.165) is 24.7 Å². The Kier molecular flexibility index (Phi) is 3.50. The molecular weight excluding hydrogens is 182 g/mol. The van der Waals surface area contributed by atoms with E-state index in [1.807, 2.05) is 0 Å². The molecular formula is C9H19NO2Si. The molecule has 1 heterocycles. The highest BCUT2D eigenvalue weighted by atomic mass is 28.4. The Morgan fingerprint density at radius 2 is 1.85 bits per heavy atom. The maximum absolute atomic E-state index is 11.1. The third-order valence-electron chi connectivity index (χ3n) is 3.04. The van der Waals surface area contributed by atoms with E-state index in [4.69, 9.17) is 4.53 Å². The molecule has 1 amide bonds. The molecule has 1 aliphatic rings. The highest BCUT2D eigenvalue weighted by molar-refractivity contribution is 6.73. The van der Waals surface area contributed by atoms with E-state index in [2.05, 4.69) is 20.8 Å². The Morgan fingerprint density at radius 3 is 2.08 bits per heavy atom. The van der Waals surface area contributed by atoms with Crippen molar-refractivity contribution in [2.45, 2.75) is 45.3 Å². The van der Waals surface area contributed by atoms with E-state index >= 15 is 0 Å². The quantitative estimate of drug-likeness (QED) is 0.504. The minimum Gasteiger partial charge on any atom is -0.317 e. The summed E-state index contributed by atoms with van der Waals surface area (Å²) >= 11 is 0. The van der Waals surface area contributed by atoms with Crippen molar-refractivity contribution in [2.24, 2.45) is 0 Å². The normalized spacial score (nSPS) is 17.5. The molecule has 1 saturated heterocycles. The predicted octanol–water partition coefficient (Wildman–Crippen LogP) is 2.16. The first-order valence-electron chi connectivity index (χ1n) is 5.17. The van der Waals surface area contributed by atoms with E-state index in [1.54, 1.807) is 5.06 Å². The monoisotopic (exact) mass is 201 g/mol. The lowest BCUT2D eigenvalue weighted by atomic mass is 10.3. The van der Waals surface area contributed by atoms with Gasteiger partial charge in [0.05, 0.1) is 6.54 Å². The first-order valence-corrected chi connectivity index (χ1v) is 7.70. The van der Waals surface area contributed by atoms with Gasteiger partial charge in [-0.3, -0.25) is 4.79 Å². The SMILES string of the molecule is CC[Si](CC)(CC)ON1CCC1=O. The summed E-state index contributed by atoms with van der Waals surface area (Å²) in [6, 6.07) is 3.30. The van der Waals surface area contributed by atoms with Crippen LogP contribution in [0.3, 0.4) is 0 Å². The zero-order valence-electron chi connectivity index (χ0n) is 8.80. The van der Waals surface area contributed by atoms with Gasteiger partial charge < -0.3 is 4.53 Å². The van der Waals surface area contributed by atoms with Crippen molar-refractivity contribution in [3.63, 3.8) is 0 Å². The van der Waals surface area contributed by atoms with E-state index < -0.39 is 8.32 Å². The summed E-state index contributed by atoms with van der Waals surface area (Å²) in [5.41, 5.74) is 0. The second kappa shape index (κ2) is 4.24. The molecule has 0 aromatic carbocycles. The lowest BCUT2D eigenvalue weighted by Crippen LogP contribution is -2.51. The van der Waals surface area contributed by atoms with Crippen LogP contribution in [-0.4, -0.2) is 25.8 Å². The van der Waals surface area contributed by atoms with Crippen LogP contribution >= 0.6 is 0 Å². The highest BCUT2D eigenvalue weighted by Gasteiger charge is 2.36. The van der Waals surface area contributed by atoms with Crippen molar-refractivity contribution in [3.05, 3.63) is 0 Å². The summed E-state index contributed by atoms with van der Waals surface area (Å²) in [6.45, 7) is 7.31. The molecule has 1 fully saturated rings. The molecule has 3 nitrogen and oxygen atoms in total. The van der Waals surface area contributed by atoms with Gasteiger partial charge in [-0.2, -0.15) is 0 Å². The van der Waals surface area contributed by atoms with Crippen molar-refractivity contribution < 1.29 is 9.32 Å². The number of carbonyl (C=O) groups excluding carboxylic acids is 1. The van der Waals surface area contributed by atoms with Crippen molar-refractivity contribution in [3.8, 4) is 0 Å². The Hall–Kier alpha value is -0.353. The van der Waals surface area contributed by atoms with Crippen LogP contribution in [-0.2, 0) is 9.32 Å². The number of nitrogens with zero attached hydrogens (tertiary/aromatic N) is 1. The van der Waals surface area contributed by atoms with Gasteiger partial charge in [-0.25, -0.2) is 5.06 Å². The molecule has 13 heavy (non-hydrogen) atoms. The van der Waals surface area contributed by atoms with Crippen molar-refractivity contribution in [1.82, 2.24) is 5.06 Å². The molecule has 0 N–H and O–H groups in total. The van der Waals surface area contributed by atoms with Crippen LogP contribution in [0.15, 0.2) is 0 Å². The number of amides is 1. The molecule has 4 heteroatoms. The molecule has 0 unspecified atom stereocenters. The van der Waals surface area contributed by atoms with Gasteiger partial charge in [-0.1, -0.05) is 20.8 Å². The molecule has 0 atom stereocenters. The Labute approximate surface area is 81.1 Å². The average molecular weight is 201 g/mol. The van der Waals surface area contributed by atoms with Crippen LogP contribution in [0.1, 0.15) is 27.2 Å². The van der Waals surface area contributed by atoms with Crippen LogP contribution in [0.4, 0.5) is 0 Å². The van der Waals surface area contributed by atoms with Crippen LogP contribution in [0.25, 0.3) is 0 Å². The fourth-order valence-electron chi connectivity index (χ4n) is 1.57. The van der Waals surface area contributed by atoms with Gasteiger partial charge in [0, 0.05) is 6.42 Å². The number of hydrogen-bond donors (Lipinski definition) is 0. The van der Waals surface area contributed by atoms with Crippen LogP contribution in [0, 0.1) is 0 Å². The summed E-state index contributed by atoms with van der Waals surface area (Å²) in [5.74, 6) is 0.159. The van der Waals surface area contributed by atoms with Crippen LogP contribution < -0.4 is 0 Å². The van der Waals surface area contributed by atoms with Crippen LogP contribution in [0.5, 0.6) is 0 Å². The fraction of sp³-hybridized carbons (Fsp3) is 0.889. The molecule has 0 bridgehead atoms. The molecule has 0 aliphatic carbocycles. The van der Waals surface area contributed by atoms with E-state index in [9.17, 15) is 4.79 Å². The first-order chi connectivity index (χ1) is 6.17. The Balaban J connectivity index is 2.50. The molecule has 0 aromatic heterocycles. The van der Waals surface area contributed by atoms with Crippen molar-refractivity contribution in [1.29, 1.82) is 0 Å². The Morgan fingerprint density at radius 1 is 1.31 bits per heavy atom. The minimum atomic E-state index is -1.59. The first kappa shape index (κ1) is 10.7. The molecule has 76 valence electrons. The third-order valence-corrected chi connectivity index (χ3v) is 7.52. The van der Waals surface area contributed by atoms with Gasteiger partial charge in [0.1, 0.15) is 0 Å². The average Bonchev–Trinajstić information content (AvgIpc) is 2.18. The maximum Gasteiger partial charge on any atom is 0.247 e. The molecule has 1 rings (SSSR count). The molecule has 1 aliphatic heterocycles. The zero-order valence-corrected chi connectivity index (χ0v) is 9.80.